The van der Waals surface area contributed by atoms with Gasteiger partial charge < -0.3 is 24.8 Å². The van der Waals surface area contributed by atoms with E-state index in [4.69, 9.17) is 23.2 Å². The van der Waals surface area contributed by atoms with E-state index >= 15 is 0 Å². The molecule has 53 heavy (non-hydrogen) atoms. The summed E-state index contributed by atoms with van der Waals surface area (Å²) in [5.74, 6) is 0.468. The molecule has 0 radical (unpaired) electrons. The van der Waals surface area contributed by atoms with Crippen LogP contribution in [0.15, 0.2) is 133 Å². The molecule has 1 aliphatic rings. The van der Waals surface area contributed by atoms with Crippen LogP contribution in [0, 0.1) is 12.0 Å². The number of halogens is 4. The van der Waals surface area contributed by atoms with Gasteiger partial charge in [0.1, 0.15) is 0 Å². The third-order valence-corrected chi connectivity index (χ3v) is 12.0. The first-order chi connectivity index (χ1) is 24.2. The van der Waals surface area contributed by atoms with E-state index in [0.717, 1.165) is 10.0 Å². The molecule has 0 spiro atoms. The van der Waals surface area contributed by atoms with Crippen LogP contribution in [0.4, 0.5) is 0 Å². The number of benzene rings is 5. The SMILES string of the molecule is CC(C)(C)c1ccc2[cH-]c3ccc(C(C)(C)C)cc3c2c1.CC1=[C-]C(C)C=C1c1ccccc1.Clc1ccc([CH]=[Zr]=[CH]c2ccc(Cl)cc2)cc1.[Cl-].[Cl-]. The quantitative estimate of drug-likeness (QED) is 0.159. The van der Waals surface area contributed by atoms with Crippen LogP contribution in [-0.2, 0) is 33.1 Å². The maximum Gasteiger partial charge on any atom is -1.00 e. The molecule has 7 rings (SSSR count). The number of hydrogen-bond donors (Lipinski definition) is 0. The Labute approximate surface area is 351 Å². The van der Waals surface area contributed by atoms with Gasteiger partial charge in [0, 0.05) is 0 Å². The minimum absolute atomic E-state index is 0. The average molecular weight is 858 g/mol. The first-order valence-corrected chi connectivity index (χ1v) is 21.2. The molecule has 6 aromatic rings. The summed E-state index contributed by atoms with van der Waals surface area (Å²) < 4.78 is 4.66. The van der Waals surface area contributed by atoms with Gasteiger partial charge in [-0.3, -0.25) is 6.08 Å². The van der Waals surface area contributed by atoms with Crippen molar-refractivity contribution in [2.45, 2.75) is 66.2 Å². The maximum absolute atomic E-state index is 5.84. The Morgan fingerprint density at radius 1 is 0.623 bits per heavy atom. The summed E-state index contributed by atoms with van der Waals surface area (Å²) in [5.41, 5.74) is 9.63. The molecular weight excluding hydrogens is 810 g/mol. The van der Waals surface area contributed by atoms with Gasteiger partial charge in [-0.25, -0.2) is 5.57 Å². The van der Waals surface area contributed by atoms with Gasteiger partial charge in [-0.1, -0.05) is 127 Å². The molecule has 6 aromatic carbocycles. The van der Waals surface area contributed by atoms with Gasteiger partial charge in [0.05, 0.1) is 0 Å². The van der Waals surface area contributed by atoms with Crippen LogP contribution in [0.1, 0.15) is 83.2 Å². The van der Waals surface area contributed by atoms with Gasteiger partial charge in [-0.15, -0.1) is 45.3 Å². The number of allylic oxidation sites excluding steroid dienone is 4. The molecule has 0 aromatic heterocycles. The molecule has 1 aliphatic carbocycles. The summed E-state index contributed by atoms with van der Waals surface area (Å²) in [6.07, 6.45) is 5.66. The second-order valence-electron chi connectivity index (χ2n) is 15.3. The first kappa shape index (κ1) is 44.6. The minimum atomic E-state index is -0.623. The molecular formula is C48H48Cl4Zr-4. The molecule has 5 heteroatoms. The second-order valence-corrected chi connectivity index (χ2v) is 18.4. The van der Waals surface area contributed by atoms with Gasteiger partial charge in [-0.2, -0.15) is 11.6 Å². The number of rotatable bonds is 3. The van der Waals surface area contributed by atoms with E-state index in [-0.39, 0.29) is 35.6 Å². The van der Waals surface area contributed by atoms with Crippen molar-refractivity contribution in [3.63, 3.8) is 0 Å². The van der Waals surface area contributed by atoms with Crippen molar-refractivity contribution >= 4 is 57.7 Å². The van der Waals surface area contributed by atoms with E-state index in [2.05, 4.69) is 166 Å². The zero-order chi connectivity index (χ0) is 36.8. The fraction of sp³-hybridized carbons (Fsp3) is 0.229. The fourth-order valence-corrected chi connectivity index (χ4v) is 8.40. The van der Waals surface area contributed by atoms with Crippen LogP contribution in [0.25, 0.3) is 27.1 Å². The molecule has 0 bridgehead atoms. The van der Waals surface area contributed by atoms with Crippen molar-refractivity contribution in [1.82, 2.24) is 0 Å². The molecule has 0 saturated carbocycles. The van der Waals surface area contributed by atoms with Gasteiger partial charge in [0.15, 0.2) is 0 Å². The van der Waals surface area contributed by atoms with Crippen LogP contribution in [-0.4, -0.2) is 7.42 Å². The van der Waals surface area contributed by atoms with E-state index in [1.165, 1.54) is 60.5 Å². The summed E-state index contributed by atoms with van der Waals surface area (Å²) >= 11 is 11.0. The Bertz CT molecular complexity index is 2100. The standard InChI is InChI=1S/C21H25.C13H13.2C7H5Cl.2ClH.Zr/c1-20(2,3)16-9-7-14-11-15-8-10-17(21(4,5)6)13-19(15)18(14)12-16;1-10-8-11(2)13(9-10)12-6-4-3-5-7-12;2*1-6-2-4-7(8)5-3-6;;;/h7-13H,1-6H3;3-7,9-10H,1-2H3;2*1-5H;2*1H;/q2*-1;;;;;/p-2. The van der Waals surface area contributed by atoms with Crippen LogP contribution < -0.4 is 24.8 Å². The predicted molar refractivity (Wildman–Crippen MR) is 224 cm³/mol. The van der Waals surface area contributed by atoms with Crippen LogP contribution >= 0.6 is 23.2 Å². The summed E-state index contributed by atoms with van der Waals surface area (Å²) in [7, 11) is 0. The Balaban J connectivity index is 0.000000216. The fourth-order valence-electron chi connectivity index (χ4n) is 6.05. The molecule has 276 valence electrons. The Hall–Kier alpha value is -2.77. The van der Waals surface area contributed by atoms with Crippen LogP contribution in [0.2, 0.25) is 10.0 Å². The molecule has 0 fully saturated rings. The monoisotopic (exact) mass is 854 g/mol. The second kappa shape index (κ2) is 19.7. The zero-order valence-electron chi connectivity index (χ0n) is 31.9. The molecule has 1 atom stereocenters. The Kier molecular flexibility index (Phi) is 16.6. The molecule has 0 saturated heterocycles. The van der Waals surface area contributed by atoms with E-state index in [1.54, 1.807) is 0 Å². The predicted octanol–water partition coefficient (Wildman–Crippen LogP) is 7.86. The van der Waals surface area contributed by atoms with Crippen molar-refractivity contribution < 1.29 is 47.1 Å². The Morgan fingerprint density at radius 2 is 1.06 bits per heavy atom. The summed E-state index contributed by atoms with van der Waals surface area (Å²) in [6, 6.07) is 42.6. The molecule has 0 heterocycles. The van der Waals surface area contributed by atoms with Crippen molar-refractivity contribution in [2.75, 3.05) is 0 Å². The molecule has 0 N–H and O–H groups in total. The van der Waals surface area contributed by atoms with Crippen molar-refractivity contribution in [1.29, 1.82) is 0 Å². The molecule has 1 unspecified atom stereocenters. The molecule has 0 nitrogen and oxygen atoms in total. The van der Waals surface area contributed by atoms with E-state index < -0.39 is 22.3 Å². The van der Waals surface area contributed by atoms with E-state index in [1.807, 2.05) is 30.3 Å². The largest absolute Gasteiger partial charge is 1.00 e. The first-order valence-electron chi connectivity index (χ1n) is 17.6. The van der Waals surface area contributed by atoms with Crippen molar-refractivity contribution in [3.05, 3.63) is 177 Å². The van der Waals surface area contributed by atoms with Gasteiger partial charge >= 0.3 is 123 Å². The van der Waals surface area contributed by atoms with Crippen molar-refractivity contribution in [2.24, 2.45) is 5.92 Å². The average Bonchev–Trinajstić information content (AvgIpc) is 3.64. The number of hydrogen-bond acceptors (Lipinski definition) is 0. The topological polar surface area (TPSA) is 0 Å². The van der Waals surface area contributed by atoms with E-state index in [9.17, 15) is 0 Å². The smallest absolute Gasteiger partial charge is 1.00 e. The molecule has 0 amide bonds. The maximum atomic E-state index is 5.84. The van der Waals surface area contributed by atoms with Crippen LogP contribution in [0.3, 0.4) is 0 Å². The third-order valence-electron chi connectivity index (χ3n) is 9.03. The van der Waals surface area contributed by atoms with Gasteiger partial charge in [0.25, 0.3) is 0 Å². The van der Waals surface area contributed by atoms with Gasteiger partial charge in [0.2, 0.25) is 0 Å². The normalized spacial score (nSPS) is 13.5. The summed E-state index contributed by atoms with van der Waals surface area (Å²) in [5, 5.41) is 7.06. The van der Waals surface area contributed by atoms with E-state index in [0.29, 0.717) is 5.92 Å². The minimum Gasteiger partial charge on any atom is -1.00 e. The van der Waals surface area contributed by atoms with Crippen molar-refractivity contribution in [3.8, 4) is 0 Å². The summed E-state index contributed by atoms with van der Waals surface area (Å²) in [4.78, 5) is 0. The third kappa shape index (κ3) is 12.6. The summed E-state index contributed by atoms with van der Waals surface area (Å²) in [6.45, 7) is 18.0. The zero-order valence-corrected chi connectivity index (χ0v) is 37.4. The number of fused-ring (bicyclic) bond motifs is 3. The Morgan fingerprint density at radius 3 is 1.43 bits per heavy atom. The van der Waals surface area contributed by atoms with Crippen LogP contribution in [0.5, 0.6) is 0 Å². The van der Waals surface area contributed by atoms with Gasteiger partial charge in [-0.05, 0) is 10.8 Å². The molecule has 0 aliphatic heterocycles.